The molecule has 14 heavy (non-hydrogen) atoms. The lowest BCUT2D eigenvalue weighted by atomic mass is 9.95. The minimum Gasteiger partial charge on any atom is -0.286 e. The Labute approximate surface area is 87.7 Å². The van der Waals surface area contributed by atoms with E-state index in [9.17, 15) is 8.42 Å². The Hall–Kier alpha value is -0.0900. The zero-order valence-corrected chi connectivity index (χ0v) is 10.0. The lowest BCUT2D eigenvalue weighted by Crippen LogP contribution is -2.07. The van der Waals surface area contributed by atoms with Crippen LogP contribution in [0, 0.1) is 5.92 Å². The quantitative estimate of drug-likeness (QED) is 0.642. The molecule has 0 spiro atoms. The number of unbranched alkanes of at least 4 members (excludes halogenated alkanes) is 1. The normalized spacial score (nSPS) is 14.2. The molecule has 0 aromatic carbocycles. The molecule has 0 aliphatic rings. The van der Waals surface area contributed by atoms with Gasteiger partial charge in [0.25, 0.3) is 10.1 Å². The van der Waals surface area contributed by atoms with E-state index >= 15 is 0 Å². The van der Waals surface area contributed by atoms with Crippen molar-refractivity contribution >= 4 is 10.1 Å². The molecule has 86 valence electrons. The van der Waals surface area contributed by atoms with Crippen LogP contribution in [0.5, 0.6) is 0 Å². The third-order valence-corrected chi connectivity index (χ3v) is 3.36. The summed E-state index contributed by atoms with van der Waals surface area (Å²) in [5, 5.41) is 0. The maximum absolute atomic E-state index is 10.5. The SMILES string of the molecule is CCCCC(CC)CCCS(=O)(=O)O. The molecule has 0 aliphatic heterocycles. The third kappa shape index (κ3) is 8.51. The molecule has 0 fully saturated rings. The lowest BCUT2D eigenvalue weighted by Gasteiger charge is -2.13. The van der Waals surface area contributed by atoms with Crippen molar-refractivity contribution in [3.63, 3.8) is 0 Å². The van der Waals surface area contributed by atoms with E-state index in [-0.39, 0.29) is 5.75 Å². The molecule has 0 amide bonds. The fraction of sp³-hybridized carbons (Fsp3) is 1.00. The van der Waals surface area contributed by atoms with Gasteiger partial charge in [-0.25, -0.2) is 0 Å². The molecule has 1 N–H and O–H groups in total. The first-order valence-electron chi connectivity index (χ1n) is 5.44. The van der Waals surface area contributed by atoms with Crippen molar-refractivity contribution < 1.29 is 13.0 Å². The maximum Gasteiger partial charge on any atom is 0.264 e. The minimum atomic E-state index is -3.75. The van der Waals surface area contributed by atoms with Crippen LogP contribution in [0.4, 0.5) is 0 Å². The summed E-state index contributed by atoms with van der Waals surface area (Å²) >= 11 is 0. The van der Waals surface area contributed by atoms with Crippen molar-refractivity contribution in [2.45, 2.75) is 52.4 Å². The topological polar surface area (TPSA) is 54.4 Å². The molecule has 0 radical (unpaired) electrons. The van der Waals surface area contributed by atoms with Crippen LogP contribution < -0.4 is 0 Å². The highest BCUT2D eigenvalue weighted by atomic mass is 32.2. The zero-order valence-electron chi connectivity index (χ0n) is 9.20. The van der Waals surface area contributed by atoms with Gasteiger partial charge < -0.3 is 0 Å². The summed E-state index contributed by atoms with van der Waals surface area (Å²) in [6, 6.07) is 0. The third-order valence-electron chi connectivity index (χ3n) is 2.56. The van der Waals surface area contributed by atoms with E-state index in [1.165, 1.54) is 19.3 Å². The molecule has 0 aliphatic carbocycles. The summed E-state index contributed by atoms with van der Waals surface area (Å²) in [6.45, 7) is 4.29. The van der Waals surface area contributed by atoms with Gasteiger partial charge in [-0.1, -0.05) is 39.5 Å². The first kappa shape index (κ1) is 13.9. The Morgan fingerprint density at radius 1 is 1.14 bits per heavy atom. The molecule has 0 saturated carbocycles. The van der Waals surface area contributed by atoms with Crippen LogP contribution in [0.25, 0.3) is 0 Å². The number of hydrogen-bond acceptors (Lipinski definition) is 2. The van der Waals surface area contributed by atoms with Crippen molar-refractivity contribution in [3.05, 3.63) is 0 Å². The van der Waals surface area contributed by atoms with Gasteiger partial charge in [0.2, 0.25) is 0 Å². The molecule has 3 nitrogen and oxygen atoms in total. The van der Waals surface area contributed by atoms with Crippen LogP contribution in [0.15, 0.2) is 0 Å². The average molecular weight is 222 g/mol. The predicted octanol–water partition coefficient (Wildman–Crippen LogP) is 2.87. The van der Waals surface area contributed by atoms with Gasteiger partial charge in [0.1, 0.15) is 0 Å². The highest BCUT2D eigenvalue weighted by Gasteiger charge is 2.09. The molecule has 4 heteroatoms. The average Bonchev–Trinajstić information content (AvgIpc) is 2.09. The fourth-order valence-corrected chi connectivity index (χ4v) is 2.13. The Morgan fingerprint density at radius 3 is 2.14 bits per heavy atom. The van der Waals surface area contributed by atoms with Crippen LogP contribution in [0.1, 0.15) is 52.4 Å². The molecule has 0 saturated heterocycles. The Bertz CT molecular complexity index is 222. The first-order chi connectivity index (χ1) is 6.49. The molecule has 0 rings (SSSR count). The van der Waals surface area contributed by atoms with Gasteiger partial charge in [-0.2, -0.15) is 8.42 Å². The van der Waals surface area contributed by atoms with Gasteiger partial charge in [0.15, 0.2) is 0 Å². The standard InChI is InChI=1S/C10H22O3S/c1-3-5-7-10(4-2)8-6-9-14(11,12)13/h10H,3-9H2,1-2H3,(H,11,12,13). The van der Waals surface area contributed by atoms with E-state index in [4.69, 9.17) is 4.55 Å². The van der Waals surface area contributed by atoms with Gasteiger partial charge in [-0.3, -0.25) is 4.55 Å². The van der Waals surface area contributed by atoms with Gasteiger partial charge in [-0.05, 0) is 18.8 Å². The van der Waals surface area contributed by atoms with Gasteiger partial charge >= 0.3 is 0 Å². The molecular formula is C10H22O3S. The van der Waals surface area contributed by atoms with Crippen molar-refractivity contribution in [1.82, 2.24) is 0 Å². The van der Waals surface area contributed by atoms with Crippen molar-refractivity contribution in [3.8, 4) is 0 Å². The maximum atomic E-state index is 10.5. The van der Waals surface area contributed by atoms with E-state index in [1.54, 1.807) is 0 Å². The fourth-order valence-electron chi connectivity index (χ4n) is 1.60. The summed E-state index contributed by atoms with van der Waals surface area (Å²) in [6.07, 6.45) is 6.18. The van der Waals surface area contributed by atoms with Crippen LogP contribution in [0.3, 0.4) is 0 Å². The van der Waals surface area contributed by atoms with Gasteiger partial charge in [-0.15, -0.1) is 0 Å². The van der Waals surface area contributed by atoms with Crippen molar-refractivity contribution in [2.75, 3.05) is 5.75 Å². The Kier molecular flexibility index (Phi) is 7.19. The molecular weight excluding hydrogens is 200 g/mol. The van der Waals surface area contributed by atoms with E-state index < -0.39 is 10.1 Å². The van der Waals surface area contributed by atoms with E-state index in [0.29, 0.717) is 12.3 Å². The van der Waals surface area contributed by atoms with Gasteiger partial charge in [0, 0.05) is 0 Å². The summed E-state index contributed by atoms with van der Waals surface area (Å²) in [4.78, 5) is 0. The summed E-state index contributed by atoms with van der Waals surface area (Å²) in [7, 11) is -3.75. The van der Waals surface area contributed by atoms with Crippen molar-refractivity contribution in [2.24, 2.45) is 5.92 Å². The van der Waals surface area contributed by atoms with Crippen LogP contribution in [0.2, 0.25) is 0 Å². The second-order valence-corrected chi connectivity index (χ2v) is 5.42. The monoisotopic (exact) mass is 222 g/mol. The highest BCUT2D eigenvalue weighted by Crippen LogP contribution is 2.18. The predicted molar refractivity (Wildman–Crippen MR) is 59.0 cm³/mol. The highest BCUT2D eigenvalue weighted by molar-refractivity contribution is 7.85. The van der Waals surface area contributed by atoms with Crippen LogP contribution in [-0.4, -0.2) is 18.7 Å². The molecule has 0 bridgehead atoms. The molecule has 1 atom stereocenters. The van der Waals surface area contributed by atoms with E-state index in [2.05, 4.69) is 13.8 Å². The first-order valence-corrected chi connectivity index (χ1v) is 7.05. The zero-order chi connectivity index (χ0) is 11.0. The van der Waals surface area contributed by atoms with Gasteiger partial charge in [0.05, 0.1) is 5.75 Å². The minimum absolute atomic E-state index is 0.0877. The van der Waals surface area contributed by atoms with Crippen molar-refractivity contribution in [1.29, 1.82) is 0 Å². The number of hydrogen-bond donors (Lipinski definition) is 1. The summed E-state index contributed by atoms with van der Waals surface area (Å²) in [5.74, 6) is 0.534. The second-order valence-electron chi connectivity index (χ2n) is 3.84. The largest absolute Gasteiger partial charge is 0.286 e. The van der Waals surface area contributed by atoms with Crippen LogP contribution in [-0.2, 0) is 10.1 Å². The molecule has 0 aromatic heterocycles. The van der Waals surface area contributed by atoms with Crippen LogP contribution >= 0.6 is 0 Å². The second kappa shape index (κ2) is 7.23. The summed E-state index contributed by atoms with van der Waals surface area (Å²) < 4.78 is 29.5. The Morgan fingerprint density at radius 2 is 1.71 bits per heavy atom. The van der Waals surface area contributed by atoms with E-state index in [1.807, 2.05) is 0 Å². The summed E-state index contributed by atoms with van der Waals surface area (Å²) in [5.41, 5.74) is 0. The van der Waals surface area contributed by atoms with E-state index in [0.717, 1.165) is 12.8 Å². The smallest absolute Gasteiger partial charge is 0.264 e. The molecule has 0 heterocycles. The Balaban J connectivity index is 3.62. The lowest BCUT2D eigenvalue weighted by molar-refractivity contribution is 0.412. The molecule has 0 aromatic rings. The number of rotatable bonds is 8. The molecule has 1 unspecified atom stereocenters.